The molecule has 1 fully saturated rings. The van der Waals surface area contributed by atoms with Crippen LogP contribution in [0.25, 0.3) is 0 Å². The minimum Gasteiger partial charge on any atom is -0.503 e. The third-order valence-electron chi connectivity index (χ3n) is 4.40. The van der Waals surface area contributed by atoms with Gasteiger partial charge in [-0.15, -0.1) is 0 Å². The van der Waals surface area contributed by atoms with Crippen molar-refractivity contribution in [3.8, 4) is 5.75 Å². The first-order chi connectivity index (χ1) is 11.2. The Bertz CT molecular complexity index is 686. The highest BCUT2D eigenvalue weighted by Crippen LogP contribution is 2.13. The zero-order valence-electron chi connectivity index (χ0n) is 13.4. The third-order valence-corrected chi connectivity index (χ3v) is 4.40. The molecule has 3 heterocycles. The minimum atomic E-state index is -0.331. The van der Waals surface area contributed by atoms with Gasteiger partial charge in [-0.25, -0.2) is 0 Å². The van der Waals surface area contributed by atoms with Gasteiger partial charge in [-0.1, -0.05) is 6.92 Å². The average Bonchev–Trinajstić information content (AvgIpc) is 3.06. The number of aromatic hydroxyl groups is 1. The van der Waals surface area contributed by atoms with Gasteiger partial charge in [0.2, 0.25) is 5.43 Å². The fourth-order valence-electron chi connectivity index (χ4n) is 2.95. The van der Waals surface area contributed by atoms with Crippen molar-refractivity contribution in [1.82, 2.24) is 14.4 Å². The van der Waals surface area contributed by atoms with Gasteiger partial charge in [-0.2, -0.15) is 0 Å². The Morgan fingerprint density at radius 1 is 1.17 bits per heavy atom. The van der Waals surface area contributed by atoms with Crippen molar-refractivity contribution >= 4 is 0 Å². The fourth-order valence-corrected chi connectivity index (χ4v) is 2.95. The molecule has 0 unspecified atom stereocenters. The number of hydrogen-bond donors (Lipinski definition) is 1. The largest absolute Gasteiger partial charge is 0.503 e. The second-order valence-electron chi connectivity index (χ2n) is 5.93. The van der Waals surface area contributed by atoms with Crippen LogP contribution in [-0.2, 0) is 13.1 Å². The summed E-state index contributed by atoms with van der Waals surface area (Å²) in [6.45, 7) is 8.55. The molecule has 0 radical (unpaired) electrons. The predicted molar refractivity (Wildman–Crippen MR) is 87.6 cm³/mol. The highest BCUT2D eigenvalue weighted by atomic mass is 16.3. The number of aromatic nitrogens is 1. The summed E-state index contributed by atoms with van der Waals surface area (Å²) in [5, 5.41) is 9.74. The van der Waals surface area contributed by atoms with E-state index in [1.54, 1.807) is 6.26 Å². The summed E-state index contributed by atoms with van der Waals surface area (Å²) in [5.74, 6) is 0.571. The van der Waals surface area contributed by atoms with Gasteiger partial charge >= 0.3 is 0 Å². The van der Waals surface area contributed by atoms with Crippen LogP contribution in [0.3, 0.4) is 0 Å². The van der Waals surface area contributed by atoms with Crippen LogP contribution in [0.1, 0.15) is 18.4 Å². The predicted octanol–water partition coefficient (Wildman–Crippen LogP) is 1.33. The van der Waals surface area contributed by atoms with Gasteiger partial charge < -0.3 is 19.0 Å². The van der Waals surface area contributed by atoms with Crippen molar-refractivity contribution in [1.29, 1.82) is 0 Å². The van der Waals surface area contributed by atoms with Crippen LogP contribution in [-0.4, -0.2) is 52.2 Å². The maximum atomic E-state index is 11.8. The molecule has 0 saturated carbocycles. The molecule has 0 amide bonds. The van der Waals surface area contributed by atoms with Crippen LogP contribution in [0.4, 0.5) is 0 Å². The van der Waals surface area contributed by atoms with Crippen molar-refractivity contribution in [3.63, 3.8) is 0 Å². The summed E-state index contributed by atoms with van der Waals surface area (Å²) in [6, 6.07) is 5.25. The third kappa shape index (κ3) is 3.83. The Kier molecular flexibility index (Phi) is 4.83. The standard InChI is InChI=1S/C17H23N3O3/c1-2-18-5-7-19(8-6-18)11-14-10-16(21)17(22)13-20(14)12-15-4-3-9-23-15/h3-4,9-10,13,22H,2,5-8,11-12H2,1H3. The SMILES string of the molecule is CCN1CCN(Cc2cc(=O)c(O)cn2Cc2ccco2)CC1. The topological polar surface area (TPSA) is 61.9 Å². The zero-order valence-corrected chi connectivity index (χ0v) is 13.4. The van der Waals surface area contributed by atoms with Crippen molar-refractivity contribution < 1.29 is 9.52 Å². The van der Waals surface area contributed by atoms with Gasteiger partial charge in [-0.3, -0.25) is 9.69 Å². The van der Waals surface area contributed by atoms with Gasteiger partial charge in [0.15, 0.2) is 5.75 Å². The second kappa shape index (κ2) is 7.02. The van der Waals surface area contributed by atoms with Crippen molar-refractivity contribution in [2.75, 3.05) is 32.7 Å². The molecule has 1 aliphatic rings. The fraction of sp³-hybridized carbons (Fsp3) is 0.471. The first-order valence-electron chi connectivity index (χ1n) is 8.05. The quantitative estimate of drug-likeness (QED) is 0.901. The maximum absolute atomic E-state index is 11.8. The highest BCUT2D eigenvalue weighted by molar-refractivity contribution is 5.21. The number of rotatable bonds is 5. The number of likely N-dealkylation sites (N-methyl/N-ethyl adjacent to an activating group) is 1. The Hall–Kier alpha value is -2.05. The lowest BCUT2D eigenvalue weighted by atomic mass is 10.2. The van der Waals surface area contributed by atoms with E-state index in [1.807, 2.05) is 16.7 Å². The molecule has 1 N–H and O–H groups in total. The molecule has 0 aromatic carbocycles. The van der Waals surface area contributed by atoms with Crippen LogP contribution in [0.5, 0.6) is 5.75 Å². The summed E-state index contributed by atoms with van der Waals surface area (Å²) >= 11 is 0. The summed E-state index contributed by atoms with van der Waals surface area (Å²) in [5.41, 5.74) is 0.567. The van der Waals surface area contributed by atoms with E-state index in [4.69, 9.17) is 4.42 Å². The lowest BCUT2D eigenvalue weighted by Crippen LogP contribution is -2.46. The summed E-state index contributed by atoms with van der Waals surface area (Å²) < 4.78 is 7.27. The molecule has 2 aromatic heterocycles. The van der Waals surface area contributed by atoms with Gasteiger partial charge in [-0.05, 0) is 18.7 Å². The van der Waals surface area contributed by atoms with E-state index in [2.05, 4.69) is 16.7 Å². The molecule has 2 aromatic rings. The summed E-state index contributed by atoms with van der Waals surface area (Å²) in [7, 11) is 0. The molecule has 6 nitrogen and oxygen atoms in total. The van der Waals surface area contributed by atoms with E-state index in [9.17, 15) is 9.90 Å². The van der Waals surface area contributed by atoms with E-state index < -0.39 is 0 Å². The normalized spacial score (nSPS) is 16.7. The van der Waals surface area contributed by atoms with Gasteiger partial charge in [0, 0.05) is 44.5 Å². The highest BCUT2D eigenvalue weighted by Gasteiger charge is 2.17. The average molecular weight is 317 g/mol. The van der Waals surface area contributed by atoms with Crippen LogP contribution in [0, 0.1) is 0 Å². The summed E-state index contributed by atoms with van der Waals surface area (Å²) in [4.78, 5) is 16.6. The van der Waals surface area contributed by atoms with E-state index in [-0.39, 0.29) is 11.2 Å². The molecule has 0 bridgehead atoms. The van der Waals surface area contributed by atoms with Gasteiger partial charge in [0.25, 0.3) is 0 Å². The molecule has 124 valence electrons. The van der Waals surface area contributed by atoms with Crippen molar-refractivity contribution in [2.45, 2.75) is 20.0 Å². The molecular weight excluding hydrogens is 294 g/mol. The number of hydrogen-bond acceptors (Lipinski definition) is 5. The Morgan fingerprint density at radius 3 is 2.57 bits per heavy atom. The smallest absolute Gasteiger partial charge is 0.223 e. The van der Waals surface area contributed by atoms with E-state index in [0.717, 1.165) is 44.2 Å². The van der Waals surface area contributed by atoms with Gasteiger partial charge in [0.05, 0.1) is 19.0 Å². The molecule has 3 rings (SSSR count). The first-order valence-corrected chi connectivity index (χ1v) is 8.05. The maximum Gasteiger partial charge on any atom is 0.223 e. The lowest BCUT2D eigenvalue weighted by Gasteiger charge is -2.34. The molecule has 0 aliphatic carbocycles. The lowest BCUT2D eigenvalue weighted by molar-refractivity contribution is 0.129. The Balaban J connectivity index is 1.77. The van der Waals surface area contributed by atoms with E-state index in [0.29, 0.717) is 13.1 Å². The van der Waals surface area contributed by atoms with E-state index >= 15 is 0 Å². The monoisotopic (exact) mass is 317 g/mol. The number of nitrogens with zero attached hydrogens (tertiary/aromatic N) is 3. The molecule has 0 atom stereocenters. The van der Waals surface area contributed by atoms with Crippen LogP contribution >= 0.6 is 0 Å². The first kappa shape index (κ1) is 15.8. The Labute approximate surface area is 135 Å². The second-order valence-corrected chi connectivity index (χ2v) is 5.93. The molecule has 1 saturated heterocycles. The number of pyridine rings is 1. The molecule has 23 heavy (non-hydrogen) atoms. The van der Waals surface area contributed by atoms with Crippen LogP contribution in [0.15, 0.2) is 39.9 Å². The molecule has 1 aliphatic heterocycles. The summed E-state index contributed by atoms with van der Waals surface area (Å²) in [6.07, 6.45) is 3.13. The van der Waals surface area contributed by atoms with Crippen molar-refractivity contribution in [2.24, 2.45) is 0 Å². The van der Waals surface area contributed by atoms with Crippen molar-refractivity contribution in [3.05, 3.63) is 52.3 Å². The molecule has 6 heteroatoms. The molecular formula is C17H23N3O3. The molecule has 0 spiro atoms. The zero-order chi connectivity index (χ0) is 16.2. The van der Waals surface area contributed by atoms with Crippen LogP contribution < -0.4 is 5.43 Å². The van der Waals surface area contributed by atoms with Crippen LogP contribution in [0.2, 0.25) is 0 Å². The van der Waals surface area contributed by atoms with E-state index in [1.165, 1.54) is 12.3 Å². The minimum absolute atomic E-state index is 0.226. The number of furan rings is 1. The van der Waals surface area contributed by atoms with Gasteiger partial charge in [0.1, 0.15) is 5.76 Å². The number of piperazine rings is 1. The Morgan fingerprint density at radius 2 is 1.91 bits per heavy atom.